The molecular weight excluding hydrogens is 252 g/mol. The Hall–Kier alpha value is -0.210. The third-order valence-electron chi connectivity index (χ3n) is 2.18. The van der Waals surface area contributed by atoms with Gasteiger partial charge in [0.25, 0.3) is 0 Å². The van der Waals surface area contributed by atoms with Gasteiger partial charge in [0.1, 0.15) is 6.29 Å². The minimum absolute atomic E-state index is 0. The van der Waals surface area contributed by atoms with Crippen LogP contribution in [0.4, 0.5) is 0 Å². The smallest absolute Gasteiger partial charge is 0.126 e. The quantitative estimate of drug-likeness (QED) is 0.358. The van der Waals surface area contributed by atoms with Gasteiger partial charge in [-0.25, -0.2) is 0 Å². The van der Waals surface area contributed by atoms with E-state index >= 15 is 0 Å². The van der Waals surface area contributed by atoms with Crippen LogP contribution in [0.25, 0.3) is 0 Å². The lowest BCUT2D eigenvalue weighted by Crippen LogP contribution is -2.09. The first-order chi connectivity index (χ1) is 7.37. The molecule has 0 saturated heterocycles. The van der Waals surface area contributed by atoms with Crippen LogP contribution in [0.3, 0.4) is 0 Å². The Morgan fingerprint density at radius 2 is 2.06 bits per heavy atom. The summed E-state index contributed by atoms with van der Waals surface area (Å²) in [5.41, 5.74) is 0.137. The van der Waals surface area contributed by atoms with Crippen molar-refractivity contribution in [2.45, 2.75) is 41.5 Å². The van der Waals surface area contributed by atoms with E-state index in [1.165, 1.54) is 0 Å². The number of thioether (sulfide) groups is 1. The van der Waals surface area contributed by atoms with Gasteiger partial charge in [0.2, 0.25) is 0 Å². The first-order valence-electron chi connectivity index (χ1n) is 5.46. The lowest BCUT2D eigenvalue weighted by Gasteiger charge is -2.19. The summed E-state index contributed by atoms with van der Waals surface area (Å²) >= 11 is 7.47. The summed E-state index contributed by atoms with van der Waals surface area (Å²) in [6, 6.07) is 0. The fourth-order valence-electron chi connectivity index (χ4n) is 1.04. The molecule has 0 amide bonds. The van der Waals surface area contributed by atoms with E-state index in [-0.39, 0.29) is 18.8 Å². The highest BCUT2D eigenvalue weighted by atomic mass is 35.5. The zero-order chi connectivity index (χ0) is 12.6. The molecule has 0 radical (unpaired) electrons. The Morgan fingerprint density at radius 3 is 2.53 bits per heavy atom. The summed E-state index contributed by atoms with van der Waals surface area (Å²) in [4.78, 5) is 10.5. The first kappa shape index (κ1) is 19.1. The molecule has 17 heavy (non-hydrogen) atoms. The van der Waals surface area contributed by atoms with Crippen molar-refractivity contribution in [3.05, 3.63) is 22.6 Å². The van der Waals surface area contributed by atoms with Gasteiger partial charge < -0.3 is 4.79 Å². The third-order valence-corrected chi connectivity index (χ3v) is 3.37. The molecule has 100 valence electrons. The molecule has 0 bridgehead atoms. The molecule has 1 atom stereocenters. The van der Waals surface area contributed by atoms with E-state index in [0.717, 1.165) is 23.5 Å². The number of halogens is 1. The minimum Gasteiger partial charge on any atom is -0.303 e. The van der Waals surface area contributed by atoms with E-state index in [4.69, 9.17) is 11.6 Å². The molecule has 0 fully saturated rings. The van der Waals surface area contributed by atoms with Gasteiger partial charge in [-0.3, -0.25) is 0 Å². The van der Waals surface area contributed by atoms with Crippen LogP contribution in [0.15, 0.2) is 22.6 Å². The van der Waals surface area contributed by atoms with Crippen LogP contribution in [0.1, 0.15) is 41.5 Å². The topological polar surface area (TPSA) is 17.1 Å². The summed E-state index contributed by atoms with van der Waals surface area (Å²) in [5, 5.41) is 2.79. The molecule has 0 aliphatic rings. The molecule has 0 rings (SSSR count). The summed E-state index contributed by atoms with van der Waals surface area (Å²) < 4.78 is 0. The number of carbonyl (C=O) groups excluding carboxylic acids is 1. The minimum atomic E-state index is 0. The zero-order valence-electron chi connectivity index (χ0n) is 10.5. The monoisotopic (exact) mass is 276 g/mol. The van der Waals surface area contributed by atoms with Gasteiger partial charge in [0.15, 0.2) is 0 Å². The van der Waals surface area contributed by atoms with Crippen LogP contribution >= 0.6 is 23.4 Å². The first-order valence-corrected chi connectivity index (χ1v) is 6.88. The third kappa shape index (κ3) is 12.0. The van der Waals surface area contributed by atoms with Crippen molar-refractivity contribution in [3.8, 4) is 0 Å². The van der Waals surface area contributed by atoms with E-state index < -0.39 is 0 Å². The van der Waals surface area contributed by atoms with E-state index in [1.54, 1.807) is 11.8 Å². The van der Waals surface area contributed by atoms with Gasteiger partial charge >= 0.3 is 0 Å². The number of hydrogen-bond donors (Lipinski definition) is 0. The van der Waals surface area contributed by atoms with Crippen LogP contribution in [0.2, 0.25) is 0 Å². The molecule has 0 N–H and O–H groups in total. The predicted molar refractivity (Wildman–Crippen MR) is 81.6 cm³/mol. The lowest BCUT2D eigenvalue weighted by molar-refractivity contribution is -0.109. The van der Waals surface area contributed by atoms with Crippen molar-refractivity contribution in [2.24, 2.45) is 11.3 Å². The van der Waals surface area contributed by atoms with E-state index in [0.29, 0.717) is 0 Å². The average Bonchev–Trinajstić information content (AvgIpc) is 2.21. The van der Waals surface area contributed by atoms with Crippen molar-refractivity contribution in [3.63, 3.8) is 0 Å². The molecule has 1 nitrogen and oxygen atoms in total. The molecular formula is C14H25ClOS. The van der Waals surface area contributed by atoms with Crippen LogP contribution in [0, 0.1) is 11.3 Å². The lowest BCUT2D eigenvalue weighted by atomic mass is 9.89. The molecule has 0 aliphatic carbocycles. The summed E-state index contributed by atoms with van der Waals surface area (Å²) in [5.74, 6) is 1.05. The van der Waals surface area contributed by atoms with Crippen LogP contribution < -0.4 is 0 Å². The number of rotatable bonds is 7. The highest BCUT2D eigenvalue weighted by Gasteiger charge is 2.13. The van der Waals surface area contributed by atoms with Crippen molar-refractivity contribution >= 4 is 29.6 Å². The van der Waals surface area contributed by atoms with Gasteiger partial charge in [0.05, 0.1) is 0 Å². The standard InChI is InChI=1S/C13H21ClOS.CH4/c1-11(9-15)5-6-13(3,4)7-8-16-10-12(2)14;/h5-6,9-11H,7-8H2,1-4H3;1H4/b6-5+,12-10-;. The summed E-state index contributed by atoms with van der Waals surface area (Å²) in [7, 11) is 0. The highest BCUT2D eigenvalue weighted by Crippen LogP contribution is 2.26. The number of allylic oxidation sites excluding steroid dienone is 3. The van der Waals surface area contributed by atoms with E-state index in [1.807, 2.05) is 25.3 Å². The van der Waals surface area contributed by atoms with E-state index in [2.05, 4.69) is 19.9 Å². The van der Waals surface area contributed by atoms with Crippen LogP contribution in [-0.2, 0) is 4.79 Å². The number of carbonyl (C=O) groups is 1. The fourth-order valence-corrected chi connectivity index (χ4v) is 2.22. The van der Waals surface area contributed by atoms with Gasteiger partial charge in [-0.2, -0.15) is 0 Å². The van der Waals surface area contributed by atoms with Crippen molar-refractivity contribution < 1.29 is 4.79 Å². The Balaban J connectivity index is 0. The van der Waals surface area contributed by atoms with Gasteiger partial charge in [-0.1, -0.05) is 52.0 Å². The fraction of sp³-hybridized carbons (Fsp3) is 0.643. The second-order valence-electron chi connectivity index (χ2n) is 4.67. The predicted octanol–water partition coefficient (Wildman–Crippen LogP) is 5.26. The number of hydrogen-bond acceptors (Lipinski definition) is 2. The zero-order valence-corrected chi connectivity index (χ0v) is 12.1. The molecule has 0 aromatic rings. The Bertz CT molecular complexity index is 265. The SMILES string of the molecule is C.C/C(Cl)=C/SCCC(C)(C)/C=C/C(C)C=O. The maximum Gasteiger partial charge on any atom is 0.126 e. The normalized spacial score (nSPS) is 14.5. The molecule has 1 unspecified atom stereocenters. The van der Waals surface area contributed by atoms with Crippen molar-refractivity contribution in [1.29, 1.82) is 0 Å². The van der Waals surface area contributed by atoms with Crippen molar-refractivity contribution in [1.82, 2.24) is 0 Å². The molecule has 0 saturated carbocycles. The maximum absolute atomic E-state index is 10.5. The average molecular weight is 277 g/mol. The summed E-state index contributed by atoms with van der Waals surface area (Å²) in [6.07, 6.45) is 6.13. The molecule has 0 aromatic carbocycles. The van der Waals surface area contributed by atoms with Gasteiger partial charge in [-0.15, -0.1) is 11.8 Å². The van der Waals surface area contributed by atoms with Crippen LogP contribution in [-0.4, -0.2) is 12.0 Å². The second-order valence-corrected chi connectivity index (χ2v) is 6.24. The molecule has 3 heteroatoms. The van der Waals surface area contributed by atoms with Crippen LogP contribution in [0.5, 0.6) is 0 Å². The second kappa shape index (κ2) is 9.78. The molecule has 0 aliphatic heterocycles. The van der Waals surface area contributed by atoms with Gasteiger partial charge in [0, 0.05) is 11.0 Å². The Kier molecular flexibility index (Phi) is 11.0. The van der Waals surface area contributed by atoms with E-state index in [9.17, 15) is 4.79 Å². The molecule has 0 spiro atoms. The summed E-state index contributed by atoms with van der Waals surface area (Å²) in [6.45, 7) is 8.14. The van der Waals surface area contributed by atoms with Crippen molar-refractivity contribution in [2.75, 3.05) is 5.75 Å². The molecule has 0 aromatic heterocycles. The maximum atomic E-state index is 10.5. The largest absolute Gasteiger partial charge is 0.303 e. The Morgan fingerprint density at radius 1 is 1.47 bits per heavy atom. The highest BCUT2D eigenvalue weighted by molar-refractivity contribution is 8.02. The Labute approximate surface area is 116 Å². The van der Waals surface area contributed by atoms with Gasteiger partial charge in [-0.05, 0) is 29.9 Å². The molecule has 0 heterocycles. The number of aldehydes is 1.